The largest absolute Gasteiger partial charge is 0.325 e. The van der Waals surface area contributed by atoms with Crippen LogP contribution in [-0.4, -0.2) is 14.5 Å². The van der Waals surface area contributed by atoms with E-state index in [1.54, 1.807) is 0 Å². The zero-order chi connectivity index (χ0) is 14.2. The molecule has 0 atom stereocenters. The monoisotopic (exact) mass is 275 g/mol. The standard InChI is InChI=1S/C18H17N3/c1-2-3-11-21-17-9-5-4-7-13(17)14-12-16-15(20-18(14)21)8-6-10-19-16/h4-10,12H,2-3,11H2,1H3. The predicted octanol–water partition coefficient (Wildman–Crippen LogP) is 4.54. The van der Waals surface area contributed by atoms with Crippen LogP contribution in [0, 0.1) is 0 Å². The average molecular weight is 275 g/mol. The van der Waals surface area contributed by atoms with Crippen LogP contribution in [0.25, 0.3) is 33.0 Å². The Kier molecular flexibility index (Phi) is 2.85. The molecule has 0 saturated carbocycles. The predicted molar refractivity (Wildman–Crippen MR) is 87.4 cm³/mol. The van der Waals surface area contributed by atoms with Crippen molar-refractivity contribution in [3.63, 3.8) is 0 Å². The molecule has 3 heterocycles. The van der Waals surface area contributed by atoms with Crippen LogP contribution in [0.3, 0.4) is 0 Å². The van der Waals surface area contributed by atoms with Crippen molar-refractivity contribution in [1.82, 2.24) is 14.5 Å². The SMILES string of the molecule is CCCCn1c2ccccc2c2cc3ncccc3nc21. The Morgan fingerprint density at radius 3 is 2.81 bits per heavy atom. The number of fused-ring (bicyclic) bond motifs is 4. The van der Waals surface area contributed by atoms with Crippen LogP contribution in [-0.2, 0) is 6.54 Å². The molecule has 104 valence electrons. The van der Waals surface area contributed by atoms with Crippen LogP contribution in [0.5, 0.6) is 0 Å². The van der Waals surface area contributed by atoms with Crippen molar-refractivity contribution in [2.75, 3.05) is 0 Å². The summed E-state index contributed by atoms with van der Waals surface area (Å²) in [7, 11) is 0. The Morgan fingerprint density at radius 2 is 1.90 bits per heavy atom. The number of para-hydroxylation sites is 1. The second kappa shape index (κ2) is 4.85. The maximum absolute atomic E-state index is 4.87. The third-order valence-electron chi connectivity index (χ3n) is 4.04. The number of nitrogens with zero attached hydrogens (tertiary/aromatic N) is 3. The average Bonchev–Trinajstić information content (AvgIpc) is 2.84. The third-order valence-corrected chi connectivity index (χ3v) is 4.04. The molecule has 1 aromatic carbocycles. The maximum Gasteiger partial charge on any atom is 0.141 e. The van der Waals surface area contributed by atoms with Gasteiger partial charge in [0, 0.05) is 23.5 Å². The lowest BCUT2D eigenvalue weighted by Gasteiger charge is -2.05. The lowest BCUT2D eigenvalue weighted by molar-refractivity contribution is 0.661. The molecule has 0 unspecified atom stereocenters. The number of rotatable bonds is 3. The lowest BCUT2D eigenvalue weighted by Crippen LogP contribution is -1.98. The highest BCUT2D eigenvalue weighted by molar-refractivity contribution is 6.09. The molecule has 3 aromatic heterocycles. The smallest absolute Gasteiger partial charge is 0.141 e. The third kappa shape index (κ3) is 1.88. The van der Waals surface area contributed by atoms with Gasteiger partial charge in [0.05, 0.1) is 16.6 Å². The van der Waals surface area contributed by atoms with E-state index < -0.39 is 0 Å². The van der Waals surface area contributed by atoms with Crippen LogP contribution < -0.4 is 0 Å². The topological polar surface area (TPSA) is 30.7 Å². The van der Waals surface area contributed by atoms with Gasteiger partial charge in [-0.2, -0.15) is 0 Å². The number of hydrogen-bond donors (Lipinski definition) is 0. The summed E-state index contributed by atoms with van der Waals surface area (Å²) in [6.07, 6.45) is 4.18. The quantitative estimate of drug-likeness (QED) is 0.549. The van der Waals surface area contributed by atoms with E-state index in [9.17, 15) is 0 Å². The number of unbranched alkanes of at least 4 members (excludes halogenated alkanes) is 1. The summed E-state index contributed by atoms with van der Waals surface area (Å²) < 4.78 is 2.35. The fourth-order valence-electron chi connectivity index (χ4n) is 2.99. The minimum atomic E-state index is 0.961. The van der Waals surface area contributed by atoms with Crippen molar-refractivity contribution in [3.05, 3.63) is 48.7 Å². The van der Waals surface area contributed by atoms with Crippen LogP contribution in [0.4, 0.5) is 0 Å². The maximum atomic E-state index is 4.87. The van der Waals surface area contributed by atoms with Gasteiger partial charge in [0.2, 0.25) is 0 Å². The number of benzene rings is 1. The summed E-state index contributed by atoms with van der Waals surface area (Å²) in [5, 5.41) is 2.47. The van der Waals surface area contributed by atoms with Crippen molar-refractivity contribution < 1.29 is 0 Å². The van der Waals surface area contributed by atoms with E-state index in [0.29, 0.717) is 0 Å². The van der Waals surface area contributed by atoms with Gasteiger partial charge in [-0.25, -0.2) is 4.98 Å². The molecule has 0 aliphatic carbocycles. The first-order valence-electron chi connectivity index (χ1n) is 7.51. The molecule has 21 heavy (non-hydrogen) atoms. The number of aromatic nitrogens is 3. The molecule has 0 amide bonds. The molecule has 4 aromatic rings. The van der Waals surface area contributed by atoms with Crippen molar-refractivity contribution in [2.24, 2.45) is 0 Å². The Morgan fingerprint density at radius 1 is 1.00 bits per heavy atom. The van der Waals surface area contributed by atoms with E-state index in [1.807, 2.05) is 18.3 Å². The molecule has 0 radical (unpaired) electrons. The first-order chi connectivity index (χ1) is 10.4. The Balaban J connectivity index is 2.13. The van der Waals surface area contributed by atoms with E-state index in [4.69, 9.17) is 4.98 Å². The Bertz CT molecular complexity index is 937. The van der Waals surface area contributed by atoms with Gasteiger partial charge in [-0.3, -0.25) is 4.98 Å². The highest BCUT2D eigenvalue weighted by atomic mass is 15.0. The normalized spacial score (nSPS) is 11.7. The number of hydrogen-bond acceptors (Lipinski definition) is 2. The molecule has 0 bridgehead atoms. The van der Waals surface area contributed by atoms with Crippen molar-refractivity contribution >= 4 is 33.0 Å². The van der Waals surface area contributed by atoms with Gasteiger partial charge in [0.25, 0.3) is 0 Å². The van der Waals surface area contributed by atoms with E-state index in [0.717, 1.165) is 23.2 Å². The zero-order valence-corrected chi connectivity index (χ0v) is 12.1. The van der Waals surface area contributed by atoms with Crippen LogP contribution in [0.1, 0.15) is 19.8 Å². The zero-order valence-electron chi connectivity index (χ0n) is 12.1. The minimum Gasteiger partial charge on any atom is -0.325 e. The summed E-state index contributed by atoms with van der Waals surface area (Å²) >= 11 is 0. The second-order valence-electron chi connectivity index (χ2n) is 5.42. The van der Waals surface area contributed by atoms with E-state index in [2.05, 4.69) is 46.8 Å². The van der Waals surface area contributed by atoms with Gasteiger partial charge in [0.1, 0.15) is 5.65 Å². The molecule has 4 rings (SSSR count). The molecule has 0 aliphatic rings. The first-order valence-corrected chi connectivity index (χ1v) is 7.51. The molecule has 0 N–H and O–H groups in total. The molecule has 0 saturated heterocycles. The molecular weight excluding hydrogens is 258 g/mol. The summed E-state index contributed by atoms with van der Waals surface area (Å²) in [5.41, 5.74) is 4.27. The molecular formula is C18H17N3. The van der Waals surface area contributed by atoms with E-state index in [-0.39, 0.29) is 0 Å². The summed E-state index contributed by atoms with van der Waals surface area (Å²) in [6.45, 7) is 3.24. The summed E-state index contributed by atoms with van der Waals surface area (Å²) in [6, 6.07) is 14.7. The fraction of sp³-hybridized carbons (Fsp3) is 0.222. The highest BCUT2D eigenvalue weighted by Crippen LogP contribution is 2.30. The van der Waals surface area contributed by atoms with Crippen molar-refractivity contribution in [3.8, 4) is 0 Å². The number of aryl methyl sites for hydroxylation is 1. The summed E-state index contributed by atoms with van der Waals surface area (Å²) in [4.78, 5) is 9.31. The molecule has 3 heteroatoms. The van der Waals surface area contributed by atoms with Crippen LogP contribution >= 0.6 is 0 Å². The van der Waals surface area contributed by atoms with Crippen LogP contribution in [0.2, 0.25) is 0 Å². The molecule has 0 aliphatic heterocycles. The van der Waals surface area contributed by atoms with Gasteiger partial charge in [-0.15, -0.1) is 0 Å². The van der Waals surface area contributed by atoms with Gasteiger partial charge in [-0.05, 0) is 30.7 Å². The second-order valence-corrected chi connectivity index (χ2v) is 5.42. The Hall–Kier alpha value is -2.42. The number of pyridine rings is 2. The van der Waals surface area contributed by atoms with Gasteiger partial charge >= 0.3 is 0 Å². The van der Waals surface area contributed by atoms with Gasteiger partial charge < -0.3 is 4.57 Å². The highest BCUT2D eigenvalue weighted by Gasteiger charge is 2.12. The van der Waals surface area contributed by atoms with Crippen LogP contribution in [0.15, 0.2) is 48.7 Å². The van der Waals surface area contributed by atoms with Crippen molar-refractivity contribution in [2.45, 2.75) is 26.3 Å². The molecule has 0 spiro atoms. The lowest BCUT2D eigenvalue weighted by atomic mass is 10.2. The molecule has 3 nitrogen and oxygen atoms in total. The first kappa shape index (κ1) is 12.3. The Labute approximate surface area is 123 Å². The van der Waals surface area contributed by atoms with E-state index in [1.165, 1.54) is 29.1 Å². The van der Waals surface area contributed by atoms with Gasteiger partial charge in [-0.1, -0.05) is 31.5 Å². The minimum absolute atomic E-state index is 0.961. The van der Waals surface area contributed by atoms with E-state index >= 15 is 0 Å². The van der Waals surface area contributed by atoms with Crippen molar-refractivity contribution in [1.29, 1.82) is 0 Å². The molecule has 0 fully saturated rings. The van der Waals surface area contributed by atoms with Gasteiger partial charge in [0.15, 0.2) is 0 Å². The fourth-order valence-corrected chi connectivity index (χ4v) is 2.99. The summed E-state index contributed by atoms with van der Waals surface area (Å²) in [5.74, 6) is 0.